The van der Waals surface area contributed by atoms with Gasteiger partial charge in [0.15, 0.2) is 5.75 Å². The minimum Gasteiger partial charge on any atom is -0.357 e. The molecule has 0 aromatic heterocycles. The molecule has 2 aromatic carbocycles. The van der Waals surface area contributed by atoms with Crippen LogP contribution in [0.25, 0.3) is 0 Å². The van der Waals surface area contributed by atoms with Crippen molar-refractivity contribution in [1.29, 1.82) is 0 Å². The van der Waals surface area contributed by atoms with Crippen LogP contribution in [0.5, 0.6) is 5.75 Å². The van der Waals surface area contributed by atoms with Crippen molar-refractivity contribution in [3.63, 3.8) is 0 Å². The van der Waals surface area contributed by atoms with Crippen molar-refractivity contribution in [1.82, 2.24) is 0 Å². The van der Waals surface area contributed by atoms with Crippen LogP contribution in [0, 0.1) is 6.92 Å². The molecule has 152 valence electrons. The van der Waals surface area contributed by atoms with Crippen molar-refractivity contribution in [3.05, 3.63) is 57.6 Å². The highest BCUT2D eigenvalue weighted by Gasteiger charge is 2.46. The number of sulfonamides is 1. The maximum atomic E-state index is 12.7. The average Bonchev–Trinajstić information content (AvgIpc) is 2.59. The van der Waals surface area contributed by atoms with Crippen LogP contribution in [0.1, 0.15) is 24.5 Å². The maximum absolute atomic E-state index is 12.7. The molecule has 0 saturated heterocycles. The molecule has 0 aliphatic heterocycles. The molecule has 2 rings (SSSR count). The first-order valence-corrected chi connectivity index (χ1v) is 10.1. The Kier molecular flexibility index (Phi) is 6.84. The number of rotatable bonds is 6. The molecule has 0 radical (unpaired) electrons. The van der Waals surface area contributed by atoms with E-state index in [0.717, 1.165) is 0 Å². The Labute approximate surface area is 170 Å². The zero-order chi connectivity index (χ0) is 21.1. The van der Waals surface area contributed by atoms with E-state index >= 15 is 0 Å². The fourth-order valence-electron chi connectivity index (χ4n) is 2.13. The second-order valence-corrected chi connectivity index (χ2v) is 8.15. The summed E-state index contributed by atoms with van der Waals surface area (Å²) in [5.41, 5.74) is -4.62. The number of nitrogens with one attached hydrogen (secondary N) is 1. The number of anilines is 1. The Morgan fingerprint density at radius 2 is 1.82 bits per heavy atom. The topological polar surface area (TPSA) is 67.8 Å². The predicted molar refractivity (Wildman–Crippen MR) is 104 cm³/mol. The van der Waals surface area contributed by atoms with Crippen LogP contribution in [0.15, 0.2) is 41.6 Å². The summed E-state index contributed by atoms with van der Waals surface area (Å²) in [4.78, 5) is 5.29. The van der Waals surface area contributed by atoms with Gasteiger partial charge < -0.3 is 4.84 Å². The number of alkyl halides is 3. The lowest BCUT2D eigenvalue weighted by molar-refractivity contribution is -0.0429. The van der Waals surface area contributed by atoms with Gasteiger partial charge in [-0.05, 0) is 37.6 Å². The van der Waals surface area contributed by atoms with E-state index in [9.17, 15) is 21.6 Å². The number of halogens is 5. The minimum atomic E-state index is -5.58. The summed E-state index contributed by atoms with van der Waals surface area (Å²) < 4.78 is 62.7. The number of aryl methyl sites for hydroxylation is 1. The molecule has 0 unspecified atom stereocenters. The SMILES string of the molecule is CC/C(=N\Oc1ccc(Cl)c(Cl)c1)c1cc(C)ccc1NS(=O)(=O)C(F)(F)F. The molecule has 0 atom stereocenters. The Bertz CT molecular complexity index is 1010. The molecule has 0 bridgehead atoms. The van der Waals surface area contributed by atoms with Gasteiger partial charge in [-0.1, -0.05) is 46.9 Å². The third-order valence-electron chi connectivity index (χ3n) is 3.52. The van der Waals surface area contributed by atoms with Crippen molar-refractivity contribution in [3.8, 4) is 5.75 Å². The predicted octanol–water partition coefficient (Wildman–Crippen LogP) is 5.76. The van der Waals surface area contributed by atoms with Crippen LogP contribution in [-0.2, 0) is 10.0 Å². The van der Waals surface area contributed by atoms with E-state index in [1.54, 1.807) is 18.6 Å². The van der Waals surface area contributed by atoms with E-state index in [1.807, 2.05) is 0 Å². The van der Waals surface area contributed by atoms with Crippen LogP contribution >= 0.6 is 23.2 Å². The molecule has 5 nitrogen and oxygen atoms in total. The Hall–Kier alpha value is -1.97. The quantitative estimate of drug-likeness (QED) is 0.445. The molecule has 0 amide bonds. The van der Waals surface area contributed by atoms with Gasteiger partial charge in [-0.25, -0.2) is 0 Å². The average molecular weight is 455 g/mol. The van der Waals surface area contributed by atoms with Gasteiger partial charge in [0.05, 0.1) is 21.4 Å². The summed E-state index contributed by atoms with van der Waals surface area (Å²) >= 11 is 11.7. The highest BCUT2D eigenvalue weighted by Crippen LogP contribution is 2.29. The number of oxime groups is 1. The van der Waals surface area contributed by atoms with Gasteiger partial charge in [0, 0.05) is 11.6 Å². The molecule has 0 aliphatic carbocycles. The number of benzene rings is 2. The normalized spacial score (nSPS) is 12.8. The van der Waals surface area contributed by atoms with Gasteiger partial charge >= 0.3 is 15.5 Å². The van der Waals surface area contributed by atoms with Crippen molar-refractivity contribution < 1.29 is 26.4 Å². The van der Waals surface area contributed by atoms with Gasteiger partial charge in [0.2, 0.25) is 0 Å². The van der Waals surface area contributed by atoms with E-state index in [2.05, 4.69) is 5.16 Å². The van der Waals surface area contributed by atoms with Gasteiger partial charge in [0.1, 0.15) is 0 Å². The standard InChI is InChI=1S/C17H15Cl2F3N2O3S/c1-3-15(23-27-11-5-6-13(18)14(19)9-11)12-8-10(2)4-7-16(12)24-28(25,26)17(20,21)22/h4-9,24H,3H2,1-2H3/b23-15+. The molecule has 0 spiro atoms. The maximum Gasteiger partial charge on any atom is 0.516 e. The van der Waals surface area contributed by atoms with E-state index in [4.69, 9.17) is 28.0 Å². The number of hydrogen-bond donors (Lipinski definition) is 1. The smallest absolute Gasteiger partial charge is 0.357 e. The summed E-state index contributed by atoms with van der Waals surface area (Å²) in [5, 5.41) is 4.50. The molecule has 0 aliphatic rings. The Balaban J connectivity index is 2.42. The van der Waals surface area contributed by atoms with Crippen molar-refractivity contribution in [2.45, 2.75) is 25.8 Å². The van der Waals surface area contributed by atoms with Crippen molar-refractivity contribution in [2.24, 2.45) is 5.16 Å². The summed E-state index contributed by atoms with van der Waals surface area (Å²) in [6, 6.07) is 8.65. The molecular formula is C17H15Cl2F3N2O3S. The molecule has 11 heteroatoms. The van der Waals surface area contributed by atoms with Gasteiger partial charge in [-0.15, -0.1) is 0 Å². The molecule has 0 fully saturated rings. The first-order valence-electron chi connectivity index (χ1n) is 7.83. The number of hydrogen-bond acceptors (Lipinski definition) is 4. The number of nitrogens with zero attached hydrogens (tertiary/aromatic N) is 1. The summed E-state index contributed by atoms with van der Waals surface area (Å²) in [5.74, 6) is 0.255. The molecular weight excluding hydrogens is 440 g/mol. The van der Waals surface area contributed by atoms with E-state index < -0.39 is 15.5 Å². The zero-order valence-electron chi connectivity index (χ0n) is 14.6. The second kappa shape index (κ2) is 8.59. The van der Waals surface area contributed by atoms with Crippen molar-refractivity contribution in [2.75, 3.05) is 4.72 Å². The van der Waals surface area contributed by atoms with Gasteiger partial charge in [-0.2, -0.15) is 21.6 Å². The van der Waals surface area contributed by atoms with Crippen LogP contribution in [0.4, 0.5) is 18.9 Å². The van der Waals surface area contributed by atoms with Crippen LogP contribution in [-0.4, -0.2) is 19.6 Å². The molecule has 1 N–H and O–H groups in total. The summed E-state index contributed by atoms with van der Waals surface area (Å²) in [6.45, 7) is 3.40. The third-order valence-corrected chi connectivity index (χ3v) is 5.36. The van der Waals surface area contributed by atoms with Crippen LogP contribution in [0.2, 0.25) is 10.0 Å². The molecule has 0 saturated carbocycles. The fraction of sp³-hybridized carbons (Fsp3) is 0.235. The Morgan fingerprint density at radius 1 is 1.14 bits per heavy atom. The lowest BCUT2D eigenvalue weighted by Gasteiger charge is -2.15. The summed E-state index contributed by atoms with van der Waals surface area (Å²) in [6.07, 6.45) is 0.255. The third kappa shape index (κ3) is 5.30. The largest absolute Gasteiger partial charge is 0.516 e. The van der Waals surface area contributed by atoms with E-state index in [-0.39, 0.29) is 34.2 Å². The summed E-state index contributed by atoms with van der Waals surface area (Å²) in [7, 11) is -5.58. The lowest BCUT2D eigenvalue weighted by atomic mass is 10.0. The van der Waals surface area contributed by atoms with Gasteiger partial charge in [0.25, 0.3) is 0 Å². The highest BCUT2D eigenvalue weighted by atomic mass is 35.5. The first kappa shape index (κ1) is 22.3. The monoisotopic (exact) mass is 454 g/mol. The van der Waals surface area contributed by atoms with Gasteiger partial charge in [-0.3, -0.25) is 4.72 Å². The van der Waals surface area contributed by atoms with Crippen molar-refractivity contribution >= 4 is 44.6 Å². The van der Waals surface area contributed by atoms with E-state index in [1.165, 1.54) is 36.4 Å². The fourth-order valence-corrected chi connectivity index (χ4v) is 3.01. The second-order valence-electron chi connectivity index (χ2n) is 5.66. The molecule has 28 heavy (non-hydrogen) atoms. The lowest BCUT2D eigenvalue weighted by Crippen LogP contribution is -2.30. The highest BCUT2D eigenvalue weighted by molar-refractivity contribution is 7.93. The van der Waals surface area contributed by atoms with E-state index in [0.29, 0.717) is 10.6 Å². The van der Waals surface area contributed by atoms with Crippen LogP contribution < -0.4 is 9.56 Å². The first-order chi connectivity index (χ1) is 12.9. The zero-order valence-corrected chi connectivity index (χ0v) is 17.0. The minimum absolute atomic E-state index is 0.162. The molecule has 2 aromatic rings. The molecule has 0 heterocycles. The Morgan fingerprint density at radius 3 is 2.39 bits per heavy atom. The van der Waals surface area contributed by atoms with Crippen LogP contribution in [0.3, 0.4) is 0 Å².